The van der Waals surface area contributed by atoms with Gasteiger partial charge < -0.3 is 10.1 Å². The fraction of sp³-hybridized carbons (Fsp3) is 0.133. The van der Waals surface area contributed by atoms with Crippen LogP contribution in [0.5, 0.6) is 5.75 Å². The molecule has 5 heteroatoms. The van der Waals surface area contributed by atoms with Crippen molar-refractivity contribution in [3.63, 3.8) is 0 Å². The number of methoxy groups -OCH3 is 1. The maximum absolute atomic E-state index is 13.9. The van der Waals surface area contributed by atoms with Crippen molar-refractivity contribution in [3.05, 3.63) is 63.9 Å². The van der Waals surface area contributed by atoms with Crippen LogP contribution < -0.4 is 10.1 Å². The lowest BCUT2D eigenvalue weighted by Gasteiger charge is -2.08. The highest BCUT2D eigenvalue weighted by atomic mass is 79.9. The molecule has 1 N–H and O–H groups in total. The Balaban J connectivity index is 2.09. The molecule has 3 nitrogen and oxygen atoms in total. The number of carbonyl (C=O) groups excluding carboxylic acids is 1. The number of hydrogen-bond donors (Lipinski definition) is 1. The van der Waals surface area contributed by atoms with Crippen LogP contribution in [-0.4, -0.2) is 13.0 Å². The molecule has 0 spiro atoms. The number of rotatable bonds is 4. The molecular formula is C15H13BrFNO2. The zero-order valence-electron chi connectivity index (χ0n) is 10.8. The average molecular weight is 338 g/mol. The fourth-order valence-corrected chi connectivity index (χ4v) is 2.21. The smallest absolute Gasteiger partial charge is 0.254 e. The lowest BCUT2D eigenvalue weighted by molar-refractivity contribution is 0.0946. The standard InChI is InChI=1S/C15H13BrFNO2/c1-20-13-7-3-6-12(14(13)17)15(19)18-9-10-4-2-5-11(16)8-10/h2-8H,9H2,1H3,(H,18,19). The van der Waals surface area contributed by atoms with Crippen LogP contribution in [0.15, 0.2) is 46.9 Å². The van der Waals surface area contributed by atoms with Crippen molar-refractivity contribution >= 4 is 21.8 Å². The molecule has 0 fully saturated rings. The molecule has 2 aromatic rings. The van der Waals surface area contributed by atoms with Crippen molar-refractivity contribution in [1.82, 2.24) is 5.32 Å². The Hall–Kier alpha value is -1.88. The van der Waals surface area contributed by atoms with E-state index in [-0.39, 0.29) is 11.3 Å². The normalized spacial score (nSPS) is 10.2. The maximum Gasteiger partial charge on any atom is 0.254 e. The first-order valence-electron chi connectivity index (χ1n) is 5.97. The number of halogens is 2. The van der Waals surface area contributed by atoms with E-state index in [1.54, 1.807) is 6.07 Å². The van der Waals surface area contributed by atoms with E-state index < -0.39 is 11.7 Å². The number of amides is 1. The van der Waals surface area contributed by atoms with Crippen molar-refractivity contribution in [2.45, 2.75) is 6.54 Å². The monoisotopic (exact) mass is 337 g/mol. The molecule has 0 aliphatic heterocycles. The first kappa shape index (κ1) is 14.5. The summed E-state index contributed by atoms with van der Waals surface area (Å²) in [5, 5.41) is 2.68. The molecule has 0 aliphatic rings. The van der Waals surface area contributed by atoms with E-state index in [1.807, 2.05) is 24.3 Å². The van der Waals surface area contributed by atoms with Crippen LogP contribution in [0.3, 0.4) is 0 Å². The Morgan fingerprint density at radius 3 is 2.75 bits per heavy atom. The fourth-order valence-electron chi connectivity index (χ4n) is 1.77. The second-order valence-corrected chi connectivity index (χ2v) is 5.05. The largest absolute Gasteiger partial charge is 0.494 e. The molecule has 0 saturated carbocycles. The zero-order valence-corrected chi connectivity index (χ0v) is 12.4. The van der Waals surface area contributed by atoms with Crippen molar-refractivity contribution in [2.24, 2.45) is 0 Å². The van der Waals surface area contributed by atoms with Crippen molar-refractivity contribution in [1.29, 1.82) is 0 Å². The lowest BCUT2D eigenvalue weighted by Crippen LogP contribution is -2.24. The van der Waals surface area contributed by atoms with E-state index in [1.165, 1.54) is 19.2 Å². The molecule has 0 aromatic heterocycles. The van der Waals surface area contributed by atoms with Crippen LogP contribution in [0.25, 0.3) is 0 Å². The number of benzene rings is 2. The van der Waals surface area contributed by atoms with Gasteiger partial charge in [-0.25, -0.2) is 4.39 Å². The lowest BCUT2D eigenvalue weighted by atomic mass is 10.1. The molecule has 2 aromatic carbocycles. The third-order valence-electron chi connectivity index (χ3n) is 2.77. The van der Waals surface area contributed by atoms with Crippen molar-refractivity contribution in [2.75, 3.05) is 7.11 Å². The van der Waals surface area contributed by atoms with Gasteiger partial charge in [-0.05, 0) is 29.8 Å². The first-order valence-corrected chi connectivity index (χ1v) is 6.76. The van der Waals surface area contributed by atoms with Gasteiger partial charge in [0.25, 0.3) is 5.91 Å². The SMILES string of the molecule is COc1cccc(C(=O)NCc2cccc(Br)c2)c1F. The summed E-state index contributed by atoms with van der Waals surface area (Å²) in [5.41, 5.74) is 0.898. The van der Waals surface area contributed by atoms with Crippen molar-refractivity contribution in [3.8, 4) is 5.75 Å². The van der Waals surface area contributed by atoms with Gasteiger partial charge in [-0.1, -0.05) is 34.1 Å². The van der Waals surface area contributed by atoms with Gasteiger partial charge in [0.2, 0.25) is 0 Å². The molecule has 20 heavy (non-hydrogen) atoms. The van der Waals surface area contributed by atoms with E-state index in [4.69, 9.17) is 4.74 Å². The molecule has 0 aliphatic carbocycles. The molecule has 0 unspecified atom stereocenters. The van der Waals surface area contributed by atoms with Gasteiger partial charge in [0.05, 0.1) is 12.7 Å². The van der Waals surface area contributed by atoms with Gasteiger partial charge in [-0.2, -0.15) is 0 Å². The molecule has 0 saturated heterocycles. The van der Waals surface area contributed by atoms with Crippen LogP contribution in [0.1, 0.15) is 15.9 Å². The van der Waals surface area contributed by atoms with Gasteiger partial charge in [0.1, 0.15) is 0 Å². The molecule has 0 heterocycles. The molecule has 0 bridgehead atoms. The highest BCUT2D eigenvalue weighted by molar-refractivity contribution is 9.10. The van der Waals surface area contributed by atoms with E-state index in [9.17, 15) is 9.18 Å². The summed E-state index contributed by atoms with van der Waals surface area (Å²) in [5.74, 6) is -1.07. The van der Waals surface area contributed by atoms with Crippen LogP contribution in [0.2, 0.25) is 0 Å². The summed E-state index contributed by atoms with van der Waals surface area (Å²) < 4.78 is 19.7. The van der Waals surface area contributed by atoms with Gasteiger partial charge in [-0.3, -0.25) is 4.79 Å². The predicted molar refractivity (Wildman–Crippen MR) is 78.3 cm³/mol. The zero-order chi connectivity index (χ0) is 14.5. The molecule has 0 radical (unpaired) electrons. The Labute approximate surface area is 124 Å². The van der Waals surface area contributed by atoms with Crippen LogP contribution in [0.4, 0.5) is 4.39 Å². The Morgan fingerprint density at radius 2 is 2.05 bits per heavy atom. The first-order chi connectivity index (χ1) is 9.61. The quantitative estimate of drug-likeness (QED) is 0.926. The van der Waals surface area contributed by atoms with Gasteiger partial charge in [-0.15, -0.1) is 0 Å². The summed E-state index contributed by atoms with van der Waals surface area (Å²) in [7, 11) is 1.36. The van der Waals surface area contributed by atoms with Crippen molar-refractivity contribution < 1.29 is 13.9 Å². The predicted octanol–water partition coefficient (Wildman–Crippen LogP) is 3.53. The summed E-state index contributed by atoms with van der Waals surface area (Å²) in [6, 6.07) is 12.0. The molecule has 2 rings (SSSR count). The minimum absolute atomic E-state index is 0.0284. The number of nitrogens with one attached hydrogen (secondary N) is 1. The Morgan fingerprint density at radius 1 is 1.30 bits per heavy atom. The number of ether oxygens (including phenoxy) is 1. The summed E-state index contributed by atoms with van der Waals surface area (Å²) in [4.78, 5) is 12.0. The minimum Gasteiger partial charge on any atom is -0.494 e. The maximum atomic E-state index is 13.9. The Kier molecular flexibility index (Phi) is 4.74. The summed E-state index contributed by atoms with van der Waals surface area (Å²) >= 11 is 3.36. The second kappa shape index (κ2) is 6.52. The van der Waals surface area contributed by atoms with Crippen LogP contribution in [-0.2, 0) is 6.54 Å². The molecule has 1 amide bonds. The molecule has 0 atom stereocenters. The summed E-state index contributed by atoms with van der Waals surface area (Å²) in [6.45, 7) is 0.328. The molecule has 104 valence electrons. The van der Waals surface area contributed by atoms with Crippen LogP contribution >= 0.6 is 15.9 Å². The topological polar surface area (TPSA) is 38.3 Å². The van der Waals surface area contributed by atoms with Gasteiger partial charge >= 0.3 is 0 Å². The highest BCUT2D eigenvalue weighted by Gasteiger charge is 2.14. The molecular weight excluding hydrogens is 325 g/mol. The van der Waals surface area contributed by atoms with Gasteiger partial charge in [0, 0.05) is 11.0 Å². The third-order valence-corrected chi connectivity index (χ3v) is 3.26. The highest BCUT2D eigenvalue weighted by Crippen LogP contribution is 2.20. The second-order valence-electron chi connectivity index (χ2n) is 4.13. The third kappa shape index (κ3) is 3.36. The average Bonchev–Trinajstić information content (AvgIpc) is 2.45. The number of carbonyl (C=O) groups is 1. The Bertz CT molecular complexity index is 631. The van der Waals surface area contributed by atoms with Crippen LogP contribution in [0, 0.1) is 5.82 Å². The minimum atomic E-state index is -0.651. The van der Waals surface area contributed by atoms with E-state index in [0.29, 0.717) is 6.54 Å². The van der Waals surface area contributed by atoms with E-state index >= 15 is 0 Å². The van der Waals surface area contributed by atoms with E-state index in [2.05, 4.69) is 21.2 Å². The number of hydrogen-bond acceptors (Lipinski definition) is 2. The van der Waals surface area contributed by atoms with E-state index in [0.717, 1.165) is 10.0 Å². The summed E-state index contributed by atoms with van der Waals surface area (Å²) in [6.07, 6.45) is 0. The van der Waals surface area contributed by atoms with Gasteiger partial charge in [0.15, 0.2) is 11.6 Å².